The number of hydrogen-bond acceptors (Lipinski definition) is 4. The second kappa shape index (κ2) is 4.80. The van der Waals surface area contributed by atoms with Crippen LogP contribution < -0.4 is 5.32 Å². The maximum atomic E-state index is 11.7. The lowest BCUT2D eigenvalue weighted by Gasteiger charge is -2.05. The Labute approximate surface area is 105 Å². The van der Waals surface area contributed by atoms with Crippen molar-refractivity contribution in [2.75, 3.05) is 5.32 Å². The molecule has 2 rings (SSSR count). The summed E-state index contributed by atoms with van der Waals surface area (Å²) >= 11 is 3.25. The molecule has 0 spiro atoms. The second-order valence-electron chi connectivity index (χ2n) is 3.14. The summed E-state index contributed by atoms with van der Waals surface area (Å²) in [6.45, 7) is 0. The van der Waals surface area contributed by atoms with Crippen molar-refractivity contribution in [1.29, 1.82) is 5.26 Å². The number of benzene rings is 1. The molecule has 0 radical (unpaired) electrons. The second-order valence-corrected chi connectivity index (χ2v) is 4.06. The molecule has 17 heavy (non-hydrogen) atoms. The number of aromatic nitrogens is 1. The van der Waals surface area contributed by atoms with Crippen LogP contribution in [0, 0.1) is 11.3 Å². The fourth-order valence-corrected chi connectivity index (χ4v) is 1.60. The SMILES string of the molecule is N#Cc1cc(Br)ccc1NC(=O)c1ccon1. The van der Waals surface area contributed by atoms with Crippen molar-refractivity contribution >= 4 is 27.5 Å². The van der Waals surface area contributed by atoms with Gasteiger partial charge >= 0.3 is 0 Å². The smallest absolute Gasteiger partial charge is 0.277 e. The van der Waals surface area contributed by atoms with Gasteiger partial charge in [0.1, 0.15) is 12.3 Å². The molecule has 5 nitrogen and oxygen atoms in total. The van der Waals surface area contributed by atoms with Crippen LogP contribution in [0.3, 0.4) is 0 Å². The number of carbonyl (C=O) groups is 1. The van der Waals surface area contributed by atoms with Gasteiger partial charge in [0.25, 0.3) is 5.91 Å². The molecular weight excluding hydrogens is 286 g/mol. The molecule has 0 saturated carbocycles. The fourth-order valence-electron chi connectivity index (χ4n) is 1.23. The summed E-state index contributed by atoms with van der Waals surface area (Å²) in [6.07, 6.45) is 1.31. The maximum absolute atomic E-state index is 11.7. The minimum absolute atomic E-state index is 0.164. The van der Waals surface area contributed by atoms with Crippen molar-refractivity contribution in [3.8, 4) is 6.07 Å². The van der Waals surface area contributed by atoms with E-state index in [0.717, 1.165) is 4.47 Å². The van der Waals surface area contributed by atoms with Crippen LogP contribution in [0.5, 0.6) is 0 Å². The molecule has 2 aromatic rings. The van der Waals surface area contributed by atoms with Crippen LogP contribution in [0.1, 0.15) is 16.1 Å². The molecule has 1 aromatic heterocycles. The third-order valence-electron chi connectivity index (χ3n) is 2.02. The number of hydrogen-bond donors (Lipinski definition) is 1. The van der Waals surface area contributed by atoms with Crippen LogP contribution in [0.25, 0.3) is 0 Å². The summed E-state index contributed by atoms with van der Waals surface area (Å²) < 4.78 is 5.34. The lowest BCUT2D eigenvalue weighted by atomic mass is 10.2. The van der Waals surface area contributed by atoms with Crippen molar-refractivity contribution < 1.29 is 9.32 Å². The summed E-state index contributed by atoms with van der Waals surface area (Å²) in [5.74, 6) is -0.419. The first-order valence-electron chi connectivity index (χ1n) is 4.62. The lowest BCUT2D eigenvalue weighted by Crippen LogP contribution is -2.13. The number of carbonyl (C=O) groups excluding carboxylic acids is 1. The number of amides is 1. The molecule has 0 unspecified atom stereocenters. The van der Waals surface area contributed by atoms with Crippen molar-refractivity contribution in [3.05, 3.63) is 46.3 Å². The highest BCUT2D eigenvalue weighted by molar-refractivity contribution is 9.10. The van der Waals surface area contributed by atoms with E-state index in [4.69, 9.17) is 5.26 Å². The summed E-state index contributed by atoms with van der Waals surface area (Å²) in [7, 11) is 0. The maximum Gasteiger partial charge on any atom is 0.277 e. The van der Waals surface area contributed by atoms with Crippen LogP contribution in [0.2, 0.25) is 0 Å². The van der Waals surface area contributed by atoms with Crippen molar-refractivity contribution in [3.63, 3.8) is 0 Å². The number of halogens is 1. The quantitative estimate of drug-likeness (QED) is 0.922. The van der Waals surface area contributed by atoms with Gasteiger partial charge in [0.2, 0.25) is 0 Å². The summed E-state index contributed by atoms with van der Waals surface area (Å²) in [4.78, 5) is 11.7. The number of nitriles is 1. The Morgan fingerprint density at radius 3 is 2.94 bits per heavy atom. The molecule has 84 valence electrons. The molecular formula is C11H6BrN3O2. The highest BCUT2D eigenvalue weighted by Gasteiger charge is 2.11. The zero-order valence-electron chi connectivity index (χ0n) is 8.48. The van der Waals surface area contributed by atoms with Crippen molar-refractivity contribution in [2.24, 2.45) is 0 Å². The molecule has 0 atom stereocenters. The summed E-state index contributed by atoms with van der Waals surface area (Å²) in [5, 5.41) is 15.0. The zero-order chi connectivity index (χ0) is 12.3. The van der Waals surface area contributed by atoms with Gasteiger partial charge in [-0.25, -0.2) is 0 Å². The molecule has 0 aliphatic heterocycles. The van der Waals surface area contributed by atoms with Crippen molar-refractivity contribution in [2.45, 2.75) is 0 Å². The summed E-state index contributed by atoms with van der Waals surface area (Å²) in [6, 6.07) is 8.44. The Kier molecular flexibility index (Phi) is 3.21. The largest absolute Gasteiger partial charge is 0.364 e. The molecule has 1 aromatic carbocycles. The first-order valence-corrected chi connectivity index (χ1v) is 5.41. The van der Waals surface area contributed by atoms with E-state index in [1.54, 1.807) is 18.2 Å². The van der Waals surface area contributed by atoms with Crippen LogP contribution in [-0.4, -0.2) is 11.1 Å². The van der Waals surface area contributed by atoms with Gasteiger partial charge in [0.15, 0.2) is 5.69 Å². The topological polar surface area (TPSA) is 78.9 Å². The van der Waals surface area contributed by atoms with E-state index in [1.807, 2.05) is 6.07 Å². The predicted molar refractivity (Wildman–Crippen MR) is 63.3 cm³/mol. The number of anilines is 1. The fraction of sp³-hybridized carbons (Fsp3) is 0. The van der Waals surface area contributed by atoms with Crippen LogP contribution in [0.4, 0.5) is 5.69 Å². The monoisotopic (exact) mass is 291 g/mol. The molecule has 6 heteroatoms. The van der Waals surface area contributed by atoms with Gasteiger partial charge < -0.3 is 9.84 Å². The van der Waals surface area contributed by atoms with Gasteiger partial charge in [0, 0.05) is 10.5 Å². The van der Waals surface area contributed by atoms with E-state index in [0.29, 0.717) is 11.3 Å². The predicted octanol–water partition coefficient (Wildman–Crippen LogP) is 2.56. The molecule has 1 heterocycles. The molecule has 1 amide bonds. The molecule has 0 aliphatic rings. The number of nitrogens with zero attached hydrogens (tertiary/aromatic N) is 2. The van der Waals surface area contributed by atoms with Crippen molar-refractivity contribution in [1.82, 2.24) is 5.16 Å². The molecule has 0 bridgehead atoms. The Morgan fingerprint density at radius 2 is 2.29 bits per heavy atom. The van der Waals surface area contributed by atoms with Gasteiger partial charge in [-0.3, -0.25) is 4.79 Å². The van der Waals surface area contributed by atoms with E-state index < -0.39 is 5.91 Å². The van der Waals surface area contributed by atoms with Gasteiger partial charge in [-0.2, -0.15) is 5.26 Å². The lowest BCUT2D eigenvalue weighted by molar-refractivity contribution is 0.101. The van der Waals surface area contributed by atoms with E-state index in [2.05, 4.69) is 30.9 Å². The standard InChI is InChI=1S/C11H6BrN3O2/c12-8-1-2-9(7(5-8)6-13)14-11(16)10-3-4-17-15-10/h1-5H,(H,14,16). The van der Waals surface area contributed by atoms with E-state index in [-0.39, 0.29) is 5.69 Å². The third kappa shape index (κ3) is 2.52. The van der Waals surface area contributed by atoms with Gasteiger partial charge in [-0.1, -0.05) is 21.1 Å². The Balaban J connectivity index is 2.25. The minimum atomic E-state index is -0.419. The average Bonchev–Trinajstić information content (AvgIpc) is 2.85. The molecule has 0 aliphatic carbocycles. The first kappa shape index (κ1) is 11.4. The van der Waals surface area contributed by atoms with E-state index in [9.17, 15) is 4.79 Å². The minimum Gasteiger partial charge on any atom is -0.364 e. The van der Waals surface area contributed by atoms with E-state index >= 15 is 0 Å². The third-order valence-corrected chi connectivity index (χ3v) is 2.51. The van der Waals surface area contributed by atoms with Gasteiger partial charge in [0.05, 0.1) is 11.3 Å². The average molecular weight is 292 g/mol. The Hall–Kier alpha value is -2.13. The first-order chi connectivity index (χ1) is 8.20. The van der Waals surface area contributed by atoms with Crippen LogP contribution in [-0.2, 0) is 0 Å². The normalized spacial score (nSPS) is 9.65. The zero-order valence-corrected chi connectivity index (χ0v) is 10.1. The van der Waals surface area contributed by atoms with E-state index in [1.165, 1.54) is 12.3 Å². The molecule has 0 fully saturated rings. The number of rotatable bonds is 2. The summed E-state index contributed by atoms with van der Waals surface area (Å²) in [5.41, 5.74) is 0.969. The Bertz CT molecular complexity index is 587. The molecule has 0 saturated heterocycles. The van der Waals surface area contributed by atoms with Crippen LogP contribution >= 0.6 is 15.9 Å². The van der Waals surface area contributed by atoms with Gasteiger partial charge in [-0.05, 0) is 18.2 Å². The Morgan fingerprint density at radius 1 is 1.47 bits per heavy atom. The highest BCUT2D eigenvalue weighted by atomic mass is 79.9. The molecule has 1 N–H and O–H groups in total. The number of nitrogens with one attached hydrogen (secondary N) is 1. The van der Waals surface area contributed by atoms with Gasteiger partial charge in [-0.15, -0.1) is 0 Å². The highest BCUT2D eigenvalue weighted by Crippen LogP contribution is 2.20. The van der Waals surface area contributed by atoms with Crippen LogP contribution in [0.15, 0.2) is 39.5 Å².